The summed E-state index contributed by atoms with van der Waals surface area (Å²) in [5.74, 6) is -0.266. The van der Waals surface area contributed by atoms with Gasteiger partial charge >= 0.3 is 0 Å². The Kier molecular flexibility index (Phi) is 31.9. The number of carbonyl (C=O) groups is 1. The monoisotopic (exact) mass is 884 g/mol. The number of rotatable bonds is 35. The third-order valence-corrected chi connectivity index (χ3v) is 11.5. The van der Waals surface area contributed by atoms with Gasteiger partial charge in [-0.15, -0.1) is 0 Å². The van der Waals surface area contributed by atoms with Gasteiger partial charge in [-0.3, -0.25) is 4.79 Å². The number of hydrogen-bond acceptors (Lipinski definition) is 13. The van der Waals surface area contributed by atoms with Crippen LogP contribution in [-0.2, 0) is 23.7 Å². The van der Waals surface area contributed by atoms with Crippen LogP contribution in [0.25, 0.3) is 0 Å². The van der Waals surface area contributed by atoms with E-state index in [1.54, 1.807) is 6.08 Å². The summed E-state index contributed by atoms with van der Waals surface area (Å²) in [4.78, 5) is 13.1. The van der Waals surface area contributed by atoms with Gasteiger partial charge < -0.3 is 65.1 Å². The zero-order valence-corrected chi connectivity index (χ0v) is 37.8. The number of carbonyl (C=O) groups excluding carboxylic acids is 1. The van der Waals surface area contributed by atoms with Gasteiger partial charge in [-0.05, 0) is 70.6 Å². The van der Waals surface area contributed by atoms with Crippen molar-refractivity contribution in [1.29, 1.82) is 0 Å². The van der Waals surface area contributed by atoms with Crippen LogP contribution in [-0.4, -0.2) is 140 Å². The molecule has 0 spiro atoms. The smallest absolute Gasteiger partial charge is 0.220 e. The van der Waals surface area contributed by atoms with Gasteiger partial charge in [-0.2, -0.15) is 0 Å². The minimum absolute atomic E-state index is 0.258. The highest BCUT2D eigenvalue weighted by atomic mass is 16.7. The van der Waals surface area contributed by atoms with Crippen LogP contribution in [0.4, 0.5) is 0 Å². The zero-order valence-electron chi connectivity index (χ0n) is 37.8. The summed E-state index contributed by atoms with van der Waals surface area (Å²) in [6, 6.07) is -0.940. The van der Waals surface area contributed by atoms with Crippen LogP contribution in [0.3, 0.4) is 0 Å². The minimum Gasteiger partial charge on any atom is -0.394 e. The number of aliphatic hydroxyl groups excluding tert-OH is 8. The van der Waals surface area contributed by atoms with E-state index in [4.69, 9.17) is 18.9 Å². The van der Waals surface area contributed by atoms with Gasteiger partial charge in [0.2, 0.25) is 5.91 Å². The molecule has 2 heterocycles. The van der Waals surface area contributed by atoms with Gasteiger partial charge in [0.25, 0.3) is 0 Å². The van der Waals surface area contributed by atoms with Crippen molar-refractivity contribution in [3.63, 3.8) is 0 Å². The fourth-order valence-electron chi connectivity index (χ4n) is 7.49. The van der Waals surface area contributed by atoms with Crippen molar-refractivity contribution in [3.05, 3.63) is 48.6 Å². The highest BCUT2D eigenvalue weighted by molar-refractivity contribution is 5.76. The first-order valence-electron chi connectivity index (χ1n) is 23.9. The van der Waals surface area contributed by atoms with E-state index in [9.17, 15) is 45.6 Å². The Bertz CT molecular complexity index is 1230. The number of amides is 1. The maximum atomic E-state index is 13.1. The molecular formula is C48H85NO13. The number of ether oxygens (including phenoxy) is 4. The van der Waals surface area contributed by atoms with Crippen LogP contribution in [0.2, 0.25) is 0 Å². The van der Waals surface area contributed by atoms with E-state index in [1.807, 2.05) is 6.08 Å². The largest absolute Gasteiger partial charge is 0.394 e. The average Bonchev–Trinajstić information content (AvgIpc) is 3.27. The lowest BCUT2D eigenvalue weighted by molar-refractivity contribution is -0.359. The molecule has 360 valence electrons. The Morgan fingerprint density at radius 1 is 0.565 bits per heavy atom. The molecule has 12 unspecified atom stereocenters. The second-order valence-corrected chi connectivity index (χ2v) is 16.9. The summed E-state index contributed by atoms with van der Waals surface area (Å²) in [5, 5.41) is 86.5. The fraction of sp³-hybridized carbons (Fsp3) is 0.812. The van der Waals surface area contributed by atoms with Crippen LogP contribution < -0.4 is 5.32 Å². The minimum atomic E-state index is -1.79. The van der Waals surface area contributed by atoms with Crippen LogP contribution in [0.5, 0.6) is 0 Å². The maximum absolute atomic E-state index is 13.1. The molecule has 1 amide bonds. The van der Waals surface area contributed by atoms with Crippen LogP contribution in [0.1, 0.15) is 155 Å². The van der Waals surface area contributed by atoms with Gasteiger partial charge in [-0.25, -0.2) is 0 Å². The normalized spacial score (nSPS) is 28.2. The Hall–Kier alpha value is -2.05. The SMILES string of the molecule is CCCCCC/C=C/CC/C=C/CC/C=C/C(O)C(COC1OC(CO)C(OC2OC(CO)C(O)C(O)C2O)C(O)C1O)NC(=O)CCCCCCC/C=C\CCCCCCC. The summed E-state index contributed by atoms with van der Waals surface area (Å²) in [7, 11) is 0. The Morgan fingerprint density at radius 3 is 1.60 bits per heavy atom. The molecule has 0 aromatic carbocycles. The van der Waals surface area contributed by atoms with Crippen LogP contribution in [0.15, 0.2) is 48.6 Å². The average molecular weight is 884 g/mol. The van der Waals surface area contributed by atoms with Crippen molar-refractivity contribution in [2.75, 3.05) is 19.8 Å². The lowest BCUT2D eigenvalue weighted by atomic mass is 9.97. The topological polar surface area (TPSA) is 228 Å². The molecule has 0 aromatic heterocycles. The summed E-state index contributed by atoms with van der Waals surface area (Å²) in [6.45, 7) is 2.69. The molecule has 0 aliphatic carbocycles. The highest BCUT2D eigenvalue weighted by Gasteiger charge is 2.50. The van der Waals surface area contributed by atoms with Crippen molar-refractivity contribution in [2.24, 2.45) is 0 Å². The first-order valence-corrected chi connectivity index (χ1v) is 23.9. The van der Waals surface area contributed by atoms with Gasteiger partial charge in [0.1, 0.15) is 48.8 Å². The number of nitrogens with one attached hydrogen (secondary N) is 1. The van der Waals surface area contributed by atoms with Gasteiger partial charge in [0.15, 0.2) is 12.6 Å². The molecule has 2 aliphatic rings. The van der Waals surface area contributed by atoms with Crippen LogP contribution in [0, 0.1) is 0 Å². The molecular weight excluding hydrogens is 799 g/mol. The molecule has 0 aromatic rings. The van der Waals surface area contributed by atoms with E-state index in [0.717, 1.165) is 64.2 Å². The quantitative estimate of drug-likeness (QED) is 0.0291. The lowest BCUT2D eigenvalue weighted by Gasteiger charge is -2.46. The molecule has 9 N–H and O–H groups in total. The van der Waals surface area contributed by atoms with Gasteiger partial charge in [-0.1, -0.05) is 127 Å². The second-order valence-electron chi connectivity index (χ2n) is 16.9. The van der Waals surface area contributed by atoms with E-state index < -0.39 is 86.8 Å². The summed E-state index contributed by atoms with van der Waals surface area (Å²) in [5.41, 5.74) is 0. The predicted molar refractivity (Wildman–Crippen MR) is 240 cm³/mol. The van der Waals surface area contributed by atoms with E-state index >= 15 is 0 Å². The number of aliphatic hydroxyl groups is 8. The molecule has 14 nitrogen and oxygen atoms in total. The van der Waals surface area contributed by atoms with Crippen molar-refractivity contribution in [2.45, 2.75) is 229 Å². The molecule has 0 radical (unpaired) electrons. The Balaban J connectivity index is 1.92. The predicted octanol–water partition coefficient (Wildman–Crippen LogP) is 5.32. The lowest BCUT2D eigenvalue weighted by Crippen LogP contribution is -2.65. The number of allylic oxidation sites excluding steroid dienone is 7. The van der Waals surface area contributed by atoms with E-state index in [-0.39, 0.29) is 18.9 Å². The molecule has 14 heteroatoms. The van der Waals surface area contributed by atoms with Crippen molar-refractivity contribution < 1.29 is 64.6 Å². The van der Waals surface area contributed by atoms with Crippen molar-refractivity contribution >= 4 is 5.91 Å². The van der Waals surface area contributed by atoms with Crippen molar-refractivity contribution in [3.8, 4) is 0 Å². The fourth-order valence-corrected chi connectivity index (χ4v) is 7.49. The number of unbranched alkanes of at least 4 members (excludes halogenated alkanes) is 16. The summed E-state index contributed by atoms with van der Waals surface area (Å²) in [6.07, 6.45) is 23.0. The number of hydrogen-bond donors (Lipinski definition) is 9. The van der Waals surface area contributed by atoms with Crippen LogP contribution >= 0.6 is 0 Å². The molecule has 2 rings (SSSR count). The molecule has 12 atom stereocenters. The zero-order chi connectivity index (χ0) is 45.4. The second kappa shape index (κ2) is 35.2. The maximum Gasteiger partial charge on any atom is 0.220 e. The summed E-state index contributed by atoms with van der Waals surface area (Å²) < 4.78 is 22.6. The third-order valence-electron chi connectivity index (χ3n) is 11.5. The standard InChI is InChI=1S/C48H85NO13/c1-3-5-7-9-11-13-15-17-19-21-23-25-27-29-31-37(52)36(49-40(53)32-30-28-26-24-22-20-18-16-14-12-10-8-6-4-2)35-59-47-45(58)43(56)46(39(34-51)61-47)62-48-44(57)42(55)41(54)38(33-50)60-48/h13,15-16,18,21,23,29,31,36-39,41-48,50-52,54-58H,3-12,14,17,19-20,22,24-28,30,32-35H2,1-2H3,(H,49,53)/b15-13+,18-16-,23-21+,31-29+. The summed E-state index contributed by atoms with van der Waals surface area (Å²) >= 11 is 0. The van der Waals surface area contributed by atoms with Gasteiger partial charge in [0.05, 0.1) is 32.0 Å². The molecule has 2 saturated heterocycles. The molecule has 62 heavy (non-hydrogen) atoms. The first-order chi connectivity index (χ1) is 30.1. The first kappa shape index (κ1) is 56.1. The van der Waals surface area contributed by atoms with E-state index in [0.29, 0.717) is 12.8 Å². The Morgan fingerprint density at radius 2 is 1.03 bits per heavy atom. The molecule has 0 bridgehead atoms. The van der Waals surface area contributed by atoms with Gasteiger partial charge in [0, 0.05) is 6.42 Å². The van der Waals surface area contributed by atoms with E-state index in [1.165, 1.54) is 57.8 Å². The third kappa shape index (κ3) is 22.7. The highest BCUT2D eigenvalue weighted by Crippen LogP contribution is 2.30. The van der Waals surface area contributed by atoms with E-state index in [2.05, 4.69) is 55.6 Å². The molecule has 2 aliphatic heterocycles. The molecule has 0 saturated carbocycles. The Labute approximate surface area is 372 Å². The molecule has 2 fully saturated rings. The van der Waals surface area contributed by atoms with Crippen molar-refractivity contribution in [1.82, 2.24) is 5.32 Å².